The van der Waals surface area contributed by atoms with Crippen molar-refractivity contribution in [3.63, 3.8) is 0 Å². The van der Waals surface area contributed by atoms with Crippen LogP contribution < -0.4 is 4.74 Å². The number of aryl methyl sites for hydroxylation is 1. The van der Waals surface area contributed by atoms with E-state index < -0.39 is 0 Å². The van der Waals surface area contributed by atoms with Gasteiger partial charge in [-0.2, -0.15) is 0 Å². The molecular weight excluding hydrogens is 366 g/mol. The van der Waals surface area contributed by atoms with Gasteiger partial charge < -0.3 is 9.22 Å². The van der Waals surface area contributed by atoms with Crippen molar-refractivity contribution in [3.8, 4) is 18.1 Å². The third-order valence-corrected chi connectivity index (χ3v) is 4.67. The maximum atomic E-state index is 13.8. The summed E-state index contributed by atoms with van der Waals surface area (Å²) in [6, 6.07) is 5.03. The van der Waals surface area contributed by atoms with E-state index in [-0.39, 0.29) is 38.5 Å². The molecule has 1 heterocycles. The van der Waals surface area contributed by atoms with Gasteiger partial charge in [-0.15, -0.1) is 6.42 Å². The monoisotopic (exact) mass is 393 g/mol. The van der Waals surface area contributed by atoms with Crippen molar-refractivity contribution in [2.75, 3.05) is 32.8 Å². The number of halogens is 1. The third kappa shape index (κ3) is 6.18. The molecule has 0 unspecified atom stereocenters. The van der Waals surface area contributed by atoms with Gasteiger partial charge in [0.25, 0.3) is 0 Å². The Kier molecular flexibility index (Phi) is 9.36. The maximum Gasteiger partial charge on any atom is 0.165 e. The molecule has 2 rings (SSSR count). The number of benzene rings is 1. The zero-order chi connectivity index (χ0) is 15.8. The van der Waals surface area contributed by atoms with Gasteiger partial charge in [0.05, 0.1) is 13.1 Å². The van der Waals surface area contributed by atoms with E-state index in [2.05, 4.69) is 5.92 Å². The van der Waals surface area contributed by atoms with E-state index in [9.17, 15) is 4.39 Å². The molecule has 23 heavy (non-hydrogen) atoms. The molecule has 123 valence electrons. The molecule has 0 bridgehead atoms. The molecule has 1 fully saturated rings. The molecule has 2 nitrogen and oxygen atoms in total. The van der Waals surface area contributed by atoms with Crippen LogP contribution in [-0.2, 0) is 32.7 Å². The molecule has 1 aromatic rings. The van der Waals surface area contributed by atoms with Crippen LogP contribution in [-0.4, -0.2) is 37.3 Å². The van der Waals surface area contributed by atoms with Crippen molar-refractivity contribution in [2.24, 2.45) is 0 Å². The summed E-state index contributed by atoms with van der Waals surface area (Å²) < 4.78 is 20.5. The predicted octanol–water partition coefficient (Wildman–Crippen LogP) is 3.92. The summed E-state index contributed by atoms with van der Waals surface area (Å²) in [5.41, 5.74) is 0.844. The summed E-state index contributed by atoms with van der Waals surface area (Å²) in [5.74, 6) is 2.94. The number of hydrogen-bond acceptors (Lipinski definition) is 1. The number of rotatable bonds is 5. The molecular formula is C19H27FNOY+. The first-order chi connectivity index (χ1) is 10.7. The number of likely N-dealkylation sites (tertiary alicyclic amines) is 1. The van der Waals surface area contributed by atoms with Crippen LogP contribution >= 0.6 is 0 Å². The Labute approximate surface area is 165 Å². The number of para-hydroxylation sites is 1. The van der Waals surface area contributed by atoms with Crippen molar-refractivity contribution in [1.29, 1.82) is 0 Å². The maximum absolute atomic E-state index is 13.8. The normalized spacial score (nSPS) is 17.3. The fourth-order valence-electron chi connectivity index (χ4n) is 3.33. The summed E-state index contributed by atoms with van der Waals surface area (Å²) in [6.07, 6.45) is 12.0. The minimum atomic E-state index is -0.281. The van der Waals surface area contributed by atoms with Gasteiger partial charge in [-0.25, -0.2) is 4.39 Å². The first-order valence-electron chi connectivity index (χ1n) is 8.33. The summed E-state index contributed by atoms with van der Waals surface area (Å²) in [6.45, 7) is 6.23. The number of ether oxygens (including phenoxy) is 1. The van der Waals surface area contributed by atoms with Crippen LogP contribution in [0.2, 0.25) is 0 Å². The zero-order valence-corrected chi connectivity index (χ0v) is 17.0. The standard InChI is InChI=1S/C19H27FNO.Y/c1-3-12-21(13-7-5-4-6-8-14-21)15-16-22-19-17(2)10-9-11-18(19)20;/h1,9-11H,4-8,12-16H2,2H3;/q+1;. The number of quaternary nitrogens is 1. The Balaban J connectivity index is 0.00000264. The molecule has 0 spiro atoms. The van der Waals surface area contributed by atoms with Gasteiger partial charge in [0.1, 0.15) is 19.7 Å². The molecule has 1 aromatic carbocycles. The van der Waals surface area contributed by atoms with Crippen LogP contribution in [0.25, 0.3) is 0 Å². The first kappa shape index (κ1) is 20.6. The van der Waals surface area contributed by atoms with Crippen molar-refractivity contribution >= 4 is 0 Å². The van der Waals surface area contributed by atoms with Crippen LogP contribution in [0.15, 0.2) is 18.2 Å². The van der Waals surface area contributed by atoms with Crippen LogP contribution in [0.3, 0.4) is 0 Å². The van der Waals surface area contributed by atoms with E-state index in [1.807, 2.05) is 13.0 Å². The second kappa shape index (κ2) is 10.4. The molecule has 1 aliphatic rings. The van der Waals surface area contributed by atoms with Gasteiger partial charge in [0.2, 0.25) is 0 Å². The minimum absolute atomic E-state index is 0. The van der Waals surface area contributed by atoms with Gasteiger partial charge in [-0.1, -0.05) is 18.6 Å². The first-order valence-corrected chi connectivity index (χ1v) is 8.33. The number of hydrogen-bond donors (Lipinski definition) is 0. The Morgan fingerprint density at radius 1 is 1.17 bits per heavy atom. The van der Waals surface area contributed by atoms with Crippen molar-refractivity contribution in [3.05, 3.63) is 29.6 Å². The quantitative estimate of drug-likeness (QED) is 0.544. The average Bonchev–Trinajstić information content (AvgIpc) is 2.46. The summed E-state index contributed by atoms with van der Waals surface area (Å²) >= 11 is 0. The zero-order valence-electron chi connectivity index (χ0n) is 14.2. The van der Waals surface area contributed by atoms with Crippen LogP contribution in [0.1, 0.15) is 37.7 Å². The van der Waals surface area contributed by atoms with Gasteiger partial charge in [0.15, 0.2) is 11.6 Å². The fraction of sp³-hybridized carbons (Fsp3) is 0.579. The Hall–Kier alpha value is -0.426. The van der Waals surface area contributed by atoms with E-state index in [1.165, 1.54) is 38.2 Å². The van der Waals surface area contributed by atoms with E-state index in [1.54, 1.807) is 6.07 Å². The SMILES string of the molecule is C#CC[N+]1(CCOc2c(C)cccc2F)CCCCCCC1.[Y]. The molecule has 1 radical (unpaired) electrons. The molecule has 0 amide bonds. The smallest absolute Gasteiger partial charge is 0.165 e. The Morgan fingerprint density at radius 2 is 1.83 bits per heavy atom. The molecule has 0 aromatic heterocycles. The fourth-order valence-corrected chi connectivity index (χ4v) is 3.33. The molecule has 0 aliphatic carbocycles. The van der Waals surface area contributed by atoms with Crippen LogP contribution in [0.5, 0.6) is 5.75 Å². The van der Waals surface area contributed by atoms with Gasteiger partial charge in [-0.3, -0.25) is 0 Å². The van der Waals surface area contributed by atoms with Gasteiger partial charge >= 0.3 is 0 Å². The molecule has 4 heteroatoms. The molecule has 0 N–H and O–H groups in total. The van der Waals surface area contributed by atoms with E-state index in [0.717, 1.165) is 36.2 Å². The Morgan fingerprint density at radius 3 is 2.43 bits per heavy atom. The van der Waals surface area contributed by atoms with E-state index in [4.69, 9.17) is 11.2 Å². The predicted molar refractivity (Wildman–Crippen MR) is 88.3 cm³/mol. The molecule has 1 aliphatic heterocycles. The van der Waals surface area contributed by atoms with Crippen molar-refractivity contribution in [2.45, 2.75) is 39.0 Å². The summed E-state index contributed by atoms with van der Waals surface area (Å²) in [7, 11) is 0. The van der Waals surface area contributed by atoms with Crippen LogP contribution in [0, 0.1) is 25.1 Å². The van der Waals surface area contributed by atoms with Gasteiger partial charge in [0, 0.05) is 32.7 Å². The molecule has 0 saturated carbocycles. The molecule has 1 saturated heterocycles. The average molecular weight is 393 g/mol. The number of terminal acetylenes is 1. The summed E-state index contributed by atoms with van der Waals surface area (Å²) in [5, 5.41) is 0. The minimum Gasteiger partial charge on any atom is -0.484 e. The van der Waals surface area contributed by atoms with E-state index >= 15 is 0 Å². The van der Waals surface area contributed by atoms with Gasteiger partial charge in [-0.05, 0) is 50.2 Å². The largest absolute Gasteiger partial charge is 0.484 e. The van der Waals surface area contributed by atoms with Crippen molar-refractivity contribution in [1.82, 2.24) is 0 Å². The number of nitrogens with zero attached hydrogens (tertiary/aromatic N) is 1. The second-order valence-corrected chi connectivity index (χ2v) is 6.38. The summed E-state index contributed by atoms with van der Waals surface area (Å²) in [4.78, 5) is 0. The van der Waals surface area contributed by atoms with Crippen molar-refractivity contribution < 1.29 is 46.3 Å². The third-order valence-electron chi connectivity index (χ3n) is 4.67. The topological polar surface area (TPSA) is 9.23 Å². The molecule has 0 atom stereocenters. The van der Waals surface area contributed by atoms with Crippen LogP contribution in [0.4, 0.5) is 4.39 Å². The Bertz CT molecular complexity index is 498. The van der Waals surface area contributed by atoms with E-state index in [0.29, 0.717) is 12.4 Å². The second-order valence-electron chi connectivity index (χ2n) is 6.38.